The van der Waals surface area contributed by atoms with Gasteiger partial charge in [0.25, 0.3) is 0 Å². The summed E-state index contributed by atoms with van der Waals surface area (Å²) in [7, 11) is 0. The van der Waals surface area contributed by atoms with Gasteiger partial charge in [-0.3, -0.25) is 5.43 Å². The minimum Gasteiger partial charge on any atom is -0.396 e. The van der Waals surface area contributed by atoms with Crippen molar-refractivity contribution in [3.8, 4) is 0 Å². The van der Waals surface area contributed by atoms with Crippen LogP contribution in [-0.2, 0) is 4.74 Å². The van der Waals surface area contributed by atoms with Gasteiger partial charge in [0.2, 0.25) is 0 Å². The number of rotatable bonds is 5. The first-order valence-electron chi connectivity index (χ1n) is 4.98. The van der Waals surface area contributed by atoms with Gasteiger partial charge in [0.15, 0.2) is 0 Å². The molecule has 0 aromatic carbocycles. The number of hydrogen-bond acceptors (Lipinski definition) is 5. The summed E-state index contributed by atoms with van der Waals surface area (Å²) in [6, 6.07) is 0. The lowest BCUT2D eigenvalue weighted by Crippen LogP contribution is -2.50. The van der Waals surface area contributed by atoms with Crippen molar-refractivity contribution in [2.45, 2.75) is 6.92 Å². The Bertz CT molecular complexity index is 156. The standard InChI is InChI=1S/C9H20N2O3/c1-9(7-12,8-13)6-10-11-2-4-14-5-3-11/h10,12-13H,2-8H2,1H3. The summed E-state index contributed by atoms with van der Waals surface area (Å²) in [6.45, 7) is 5.59. The molecule has 0 atom stereocenters. The van der Waals surface area contributed by atoms with Crippen LogP contribution in [0.1, 0.15) is 6.92 Å². The van der Waals surface area contributed by atoms with E-state index < -0.39 is 5.41 Å². The predicted molar refractivity (Wildman–Crippen MR) is 52.7 cm³/mol. The number of aliphatic hydroxyl groups excluding tert-OH is 2. The number of nitrogens with one attached hydrogen (secondary N) is 1. The molecule has 14 heavy (non-hydrogen) atoms. The van der Waals surface area contributed by atoms with Crippen LogP contribution in [0.25, 0.3) is 0 Å². The van der Waals surface area contributed by atoms with Gasteiger partial charge < -0.3 is 14.9 Å². The average Bonchev–Trinajstić information content (AvgIpc) is 2.27. The lowest BCUT2D eigenvalue weighted by molar-refractivity contribution is -0.00869. The normalized spacial score (nSPS) is 19.9. The molecule has 0 amide bonds. The molecule has 0 aromatic rings. The van der Waals surface area contributed by atoms with E-state index in [1.54, 1.807) is 0 Å². The van der Waals surface area contributed by atoms with E-state index in [4.69, 9.17) is 14.9 Å². The topological polar surface area (TPSA) is 65.0 Å². The molecule has 1 fully saturated rings. The molecule has 1 heterocycles. The first kappa shape index (κ1) is 11.9. The zero-order valence-corrected chi connectivity index (χ0v) is 8.70. The number of morpholine rings is 1. The molecular formula is C9H20N2O3. The molecule has 3 N–H and O–H groups in total. The third kappa shape index (κ3) is 3.51. The van der Waals surface area contributed by atoms with Crippen molar-refractivity contribution in [1.29, 1.82) is 0 Å². The SMILES string of the molecule is CC(CO)(CO)CNN1CCOCC1. The summed E-state index contributed by atoms with van der Waals surface area (Å²) in [6.07, 6.45) is 0. The maximum Gasteiger partial charge on any atom is 0.0608 e. The Kier molecular flexibility index (Phi) is 4.77. The highest BCUT2D eigenvalue weighted by Crippen LogP contribution is 2.12. The fraction of sp³-hybridized carbons (Fsp3) is 1.00. The summed E-state index contributed by atoms with van der Waals surface area (Å²) >= 11 is 0. The first-order chi connectivity index (χ1) is 6.70. The van der Waals surface area contributed by atoms with E-state index in [0.717, 1.165) is 26.3 Å². The van der Waals surface area contributed by atoms with E-state index in [9.17, 15) is 0 Å². The molecule has 5 nitrogen and oxygen atoms in total. The van der Waals surface area contributed by atoms with Gasteiger partial charge in [-0.2, -0.15) is 0 Å². The maximum absolute atomic E-state index is 9.07. The van der Waals surface area contributed by atoms with Crippen LogP contribution >= 0.6 is 0 Å². The van der Waals surface area contributed by atoms with Gasteiger partial charge >= 0.3 is 0 Å². The van der Waals surface area contributed by atoms with Crippen molar-refractivity contribution in [2.75, 3.05) is 46.1 Å². The molecule has 1 aliphatic rings. The number of hydrazine groups is 1. The van der Waals surface area contributed by atoms with Crippen LogP contribution in [0.2, 0.25) is 0 Å². The average molecular weight is 204 g/mol. The van der Waals surface area contributed by atoms with E-state index in [1.807, 2.05) is 6.92 Å². The Labute approximate surface area is 84.6 Å². The lowest BCUT2D eigenvalue weighted by Gasteiger charge is -2.32. The second-order valence-corrected chi connectivity index (χ2v) is 4.06. The Morgan fingerprint density at radius 2 is 1.86 bits per heavy atom. The van der Waals surface area contributed by atoms with Crippen molar-refractivity contribution in [3.63, 3.8) is 0 Å². The number of aliphatic hydroxyl groups is 2. The molecule has 84 valence electrons. The van der Waals surface area contributed by atoms with Crippen molar-refractivity contribution in [1.82, 2.24) is 10.4 Å². The summed E-state index contributed by atoms with van der Waals surface area (Å²) in [5.74, 6) is 0. The quantitative estimate of drug-likeness (QED) is 0.526. The van der Waals surface area contributed by atoms with Gasteiger partial charge in [0, 0.05) is 25.0 Å². The van der Waals surface area contributed by atoms with Gasteiger partial charge in [-0.1, -0.05) is 6.92 Å². The molecular weight excluding hydrogens is 184 g/mol. The van der Waals surface area contributed by atoms with E-state index in [0.29, 0.717) is 6.54 Å². The van der Waals surface area contributed by atoms with E-state index in [2.05, 4.69) is 10.4 Å². The van der Waals surface area contributed by atoms with Gasteiger partial charge in [0.1, 0.15) is 0 Å². The van der Waals surface area contributed by atoms with Crippen LogP contribution in [0, 0.1) is 5.41 Å². The third-order valence-corrected chi connectivity index (χ3v) is 2.50. The summed E-state index contributed by atoms with van der Waals surface area (Å²) in [4.78, 5) is 0. The van der Waals surface area contributed by atoms with Crippen molar-refractivity contribution in [3.05, 3.63) is 0 Å². The highest BCUT2D eigenvalue weighted by Gasteiger charge is 2.23. The smallest absolute Gasteiger partial charge is 0.0608 e. The Morgan fingerprint density at radius 3 is 2.36 bits per heavy atom. The van der Waals surface area contributed by atoms with Gasteiger partial charge in [-0.15, -0.1) is 0 Å². The molecule has 0 bridgehead atoms. The highest BCUT2D eigenvalue weighted by atomic mass is 16.5. The number of hydrogen-bond donors (Lipinski definition) is 3. The number of ether oxygens (including phenoxy) is 1. The lowest BCUT2D eigenvalue weighted by atomic mass is 9.93. The molecule has 5 heteroatoms. The van der Waals surface area contributed by atoms with E-state index >= 15 is 0 Å². The van der Waals surface area contributed by atoms with Gasteiger partial charge in [0.05, 0.1) is 26.4 Å². The molecule has 0 saturated carbocycles. The van der Waals surface area contributed by atoms with Crippen LogP contribution in [0.5, 0.6) is 0 Å². The van der Waals surface area contributed by atoms with E-state index in [-0.39, 0.29) is 13.2 Å². The molecule has 0 spiro atoms. The second-order valence-electron chi connectivity index (χ2n) is 4.06. The molecule has 0 unspecified atom stereocenters. The Balaban J connectivity index is 2.23. The molecule has 0 aromatic heterocycles. The summed E-state index contributed by atoms with van der Waals surface area (Å²) in [5, 5.41) is 20.2. The minimum atomic E-state index is -0.446. The third-order valence-electron chi connectivity index (χ3n) is 2.50. The molecule has 0 radical (unpaired) electrons. The largest absolute Gasteiger partial charge is 0.396 e. The fourth-order valence-electron chi connectivity index (χ4n) is 1.19. The maximum atomic E-state index is 9.07. The molecule has 1 aliphatic heterocycles. The fourth-order valence-corrected chi connectivity index (χ4v) is 1.19. The summed E-state index contributed by atoms with van der Waals surface area (Å²) < 4.78 is 5.20. The van der Waals surface area contributed by atoms with Crippen molar-refractivity contribution >= 4 is 0 Å². The van der Waals surface area contributed by atoms with Crippen LogP contribution in [0.3, 0.4) is 0 Å². The zero-order valence-electron chi connectivity index (χ0n) is 8.70. The second kappa shape index (κ2) is 5.63. The van der Waals surface area contributed by atoms with Crippen molar-refractivity contribution < 1.29 is 14.9 Å². The van der Waals surface area contributed by atoms with Crippen LogP contribution < -0.4 is 5.43 Å². The van der Waals surface area contributed by atoms with Crippen LogP contribution in [0.15, 0.2) is 0 Å². The Morgan fingerprint density at radius 1 is 1.29 bits per heavy atom. The molecule has 0 aliphatic carbocycles. The van der Waals surface area contributed by atoms with Crippen molar-refractivity contribution in [2.24, 2.45) is 5.41 Å². The number of nitrogens with zero attached hydrogens (tertiary/aromatic N) is 1. The molecule has 1 rings (SSSR count). The van der Waals surface area contributed by atoms with Crippen LogP contribution in [0.4, 0.5) is 0 Å². The predicted octanol–water partition coefficient (Wildman–Crippen LogP) is -1.19. The highest BCUT2D eigenvalue weighted by molar-refractivity contribution is 4.74. The van der Waals surface area contributed by atoms with E-state index in [1.165, 1.54) is 0 Å². The first-order valence-corrected chi connectivity index (χ1v) is 4.98. The summed E-state index contributed by atoms with van der Waals surface area (Å²) in [5.41, 5.74) is 2.75. The Hall–Kier alpha value is -0.200. The molecule has 1 saturated heterocycles. The minimum absolute atomic E-state index is 0.0131. The monoisotopic (exact) mass is 204 g/mol. The van der Waals surface area contributed by atoms with Gasteiger partial charge in [-0.25, -0.2) is 5.01 Å². The van der Waals surface area contributed by atoms with Gasteiger partial charge in [-0.05, 0) is 0 Å². The van der Waals surface area contributed by atoms with Crippen LogP contribution in [-0.4, -0.2) is 61.3 Å². The zero-order chi connectivity index (χ0) is 10.4.